The number of rotatable bonds is 5. The largest absolute Gasteiger partial charge is 0.450 e. The van der Waals surface area contributed by atoms with E-state index in [1.54, 1.807) is 36.6 Å². The molecule has 2 amide bonds. The lowest BCUT2D eigenvalue weighted by Crippen LogP contribution is -2.37. The molecule has 3 rings (SSSR count). The quantitative estimate of drug-likeness (QED) is 0.887. The van der Waals surface area contributed by atoms with Crippen LogP contribution in [0.2, 0.25) is 0 Å². The molecule has 2 aromatic heterocycles. The molecule has 0 unspecified atom stereocenters. The third kappa shape index (κ3) is 4.17. The molecule has 0 radical (unpaired) electrons. The van der Waals surface area contributed by atoms with Crippen molar-refractivity contribution in [2.24, 2.45) is 0 Å². The van der Waals surface area contributed by atoms with Crippen LogP contribution in [0.1, 0.15) is 34.0 Å². The Morgan fingerprint density at radius 3 is 2.81 bits per heavy atom. The third-order valence-electron chi connectivity index (χ3n) is 4.36. The zero-order chi connectivity index (χ0) is 18.4. The van der Waals surface area contributed by atoms with Crippen LogP contribution in [0.25, 0.3) is 0 Å². The number of fused-ring (bicyclic) bond motifs is 1. The van der Waals surface area contributed by atoms with Crippen LogP contribution < -0.4 is 5.32 Å². The number of carbonyl (C=O) groups is 2. The highest BCUT2D eigenvalue weighted by atomic mass is 16.6. The molecule has 136 valence electrons. The summed E-state index contributed by atoms with van der Waals surface area (Å²) in [5.74, 6) is -0.131. The summed E-state index contributed by atoms with van der Waals surface area (Å²) in [6.07, 6.45) is 7.82. The molecule has 2 aromatic rings. The van der Waals surface area contributed by atoms with Gasteiger partial charge in [-0.1, -0.05) is 0 Å². The minimum atomic E-state index is -0.328. The van der Waals surface area contributed by atoms with Crippen molar-refractivity contribution in [2.45, 2.75) is 26.3 Å². The molecule has 0 bridgehead atoms. The van der Waals surface area contributed by atoms with Gasteiger partial charge in [-0.3, -0.25) is 14.8 Å². The van der Waals surface area contributed by atoms with Gasteiger partial charge in [0.15, 0.2) is 0 Å². The second kappa shape index (κ2) is 8.42. The van der Waals surface area contributed by atoms with E-state index in [0.29, 0.717) is 38.2 Å². The minimum absolute atomic E-state index is 0.131. The SMILES string of the molecule is CCOC(=O)N1CCc2c(cncc2C(=O)NCCc2ccncc2)C1. The second-order valence-electron chi connectivity index (χ2n) is 6.06. The average molecular weight is 354 g/mol. The zero-order valence-electron chi connectivity index (χ0n) is 14.8. The summed E-state index contributed by atoms with van der Waals surface area (Å²) >= 11 is 0. The Hall–Kier alpha value is -2.96. The summed E-state index contributed by atoms with van der Waals surface area (Å²) < 4.78 is 5.05. The Bertz CT molecular complexity index is 780. The number of amides is 2. The predicted molar refractivity (Wildman–Crippen MR) is 95.6 cm³/mol. The number of ether oxygens (including phenoxy) is 1. The van der Waals surface area contributed by atoms with E-state index in [1.807, 2.05) is 12.1 Å². The van der Waals surface area contributed by atoms with Gasteiger partial charge in [-0.05, 0) is 48.6 Å². The Kier molecular flexibility index (Phi) is 5.78. The maximum Gasteiger partial charge on any atom is 0.410 e. The van der Waals surface area contributed by atoms with Gasteiger partial charge >= 0.3 is 6.09 Å². The molecule has 0 saturated carbocycles. The first kappa shape index (κ1) is 17.8. The standard InChI is InChI=1S/C19H22N4O3/c1-2-26-19(25)23-10-6-16-15(13-23)11-21-12-17(16)18(24)22-9-5-14-3-7-20-8-4-14/h3-4,7-8,11-12H,2,5-6,9-10,13H2,1H3,(H,22,24). The first-order chi connectivity index (χ1) is 12.7. The molecule has 26 heavy (non-hydrogen) atoms. The van der Waals surface area contributed by atoms with Crippen LogP contribution in [0, 0.1) is 0 Å². The fourth-order valence-corrected chi connectivity index (χ4v) is 3.02. The van der Waals surface area contributed by atoms with Crippen LogP contribution in [0.3, 0.4) is 0 Å². The Morgan fingerprint density at radius 1 is 1.23 bits per heavy atom. The summed E-state index contributed by atoms with van der Waals surface area (Å²) in [6.45, 7) is 3.63. The maximum absolute atomic E-state index is 12.6. The number of aromatic nitrogens is 2. The van der Waals surface area contributed by atoms with Crippen molar-refractivity contribution in [3.05, 3.63) is 59.2 Å². The maximum atomic E-state index is 12.6. The van der Waals surface area contributed by atoms with Gasteiger partial charge in [-0.25, -0.2) is 4.79 Å². The van der Waals surface area contributed by atoms with Crippen LogP contribution in [0.5, 0.6) is 0 Å². The van der Waals surface area contributed by atoms with Crippen molar-refractivity contribution in [1.82, 2.24) is 20.2 Å². The van der Waals surface area contributed by atoms with Gasteiger partial charge < -0.3 is 15.0 Å². The lowest BCUT2D eigenvalue weighted by molar-refractivity contribution is 0.0950. The van der Waals surface area contributed by atoms with Crippen molar-refractivity contribution >= 4 is 12.0 Å². The number of hydrogen-bond donors (Lipinski definition) is 1. The number of nitrogens with one attached hydrogen (secondary N) is 1. The minimum Gasteiger partial charge on any atom is -0.450 e. The van der Waals surface area contributed by atoms with Crippen LogP contribution in [0.4, 0.5) is 4.79 Å². The number of hydrogen-bond acceptors (Lipinski definition) is 5. The summed E-state index contributed by atoms with van der Waals surface area (Å²) in [5.41, 5.74) is 3.56. The Labute approximate surface area is 152 Å². The van der Waals surface area contributed by atoms with Crippen molar-refractivity contribution in [2.75, 3.05) is 19.7 Å². The zero-order valence-corrected chi connectivity index (χ0v) is 14.8. The molecule has 1 aliphatic rings. The average Bonchev–Trinajstić information content (AvgIpc) is 2.68. The van der Waals surface area contributed by atoms with Gasteiger partial charge in [0.1, 0.15) is 0 Å². The van der Waals surface area contributed by atoms with E-state index >= 15 is 0 Å². The second-order valence-corrected chi connectivity index (χ2v) is 6.06. The summed E-state index contributed by atoms with van der Waals surface area (Å²) in [6, 6.07) is 3.87. The van der Waals surface area contributed by atoms with E-state index in [1.165, 1.54) is 0 Å². The summed E-state index contributed by atoms with van der Waals surface area (Å²) in [5, 5.41) is 2.95. The molecular weight excluding hydrogens is 332 g/mol. The van der Waals surface area contributed by atoms with E-state index in [9.17, 15) is 9.59 Å². The van der Waals surface area contributed by atoms with E-state index in [0.717, 1.165) is 23.1 Å². The highest BCUT2D eigenvalue weighted by Gasteiger charge is 2.25. The van der Waals surface area contributed by atoms with Crippen molar-refractivity contribution in [3.63, 3.8) is 0 Å². The van der Waals surface area contributed by atoms with E-state index < -0.39 is 0 Å². The molecule has 0 fully saturated rings. The van der Waals surface area contributed by atoms with Crippen LogP contribution >= 0.6 is 0 Å². The van der Waals surface area contributed by atoms with Gasteiger partial charge in [-0.2, -0.15) is 0 Å². The van der Waals surface area contributed by atoms with Gasteiger partial charge in [0.2, 0.25) is 0 Å². The van der Waals surface area contributed by atoms with E-state index in [-0.39, 0.29) is 12.0 Å². The van der Waals surface area contributed by atoms with Crippen molar-refractivity contribution in [1.29, 1.82) is 0 Å². The lowest BCUT2D eigenvalue weighted by atomic mass is 9.97. The molecule has 1 aliphatic heterocycles. The molecular formula is C19H22N4O3. The predicted octanol–water partition coefficient (Wildman–Crippen LogP) is 1.96. The topological polar surface area (TPSA) is 84.4 Å². The summed E-state index contributed by atoms with van der Waals surface area (Å²) in [4.78, 5) is 34.3. The normalized spacial score (nSPS) is 13.0. The fourth-order valence-electron chi connectivity index (χ4n) is 3.02. The van der Waals surface area contributed by atoms with Gasteiger partial charge in [0, 0.05) is 37.9 Å². The Morgan fingerprint density at radius 2 is 2.04 bits per heavy atom. The first-order valence-corrected chi connectivity index (χ1v) is 8.73. The van der Waals surface area contributed by atoms with Crippen LogP contribution in [-0.4, -0.2) is 46.6 Å². The molecule has 0 aromatic carbocycles. The molecule has 0 spiro atoms. The molecule has 1 N–H and O–H groups in total. The highest BCUT2D eigenvalue weighted by molar-refractivity contribution is 5.95. The number of pyridine rings is 2. The molecule has 0 aliphatic carbocycles. The van der Waals surface area contributed by atoms with Crippen molar-refractivity contribution < 1.29 is 14.3 Å². The van der Waals surface area contributed by atoms with Crippen LogP contribution in [0.15, 0.2) is 36.9 Å². The summed E-state index contributed by atoms with van der Waals surface area (Å²) in [7, 11) is 0. The third-order valence-corrected chi connectivity index (χ3v) is 4.36. The Balaban J connectivity index is 1.63. The fraction of sp³-hybridized carbons (Fsp3) is 0.368. The number of nitrogens with zero attached hydrogens (tertiary/aromatic N) is 3. The van der Waals surface area contributed by atoms with E-state index in [4.69, 9.17) is 4.74 Å². The number of carbonyl (C=O) groups excluding carboxylic acids is 2. The molecule has 7 heteroatoms. The highest BCUT2D eigenvalue weighted by Crippen LogP contribution is 2.22. The molecule has 7 nitrogen and oxygen atoms in total. The molecule has 0 atom stereocenters. The monoisotopic (exact) mass is 354 g/mol. The van der Waals surface area contributed by atoms with Gasteiger partial charge in [0.25, 0.3) is 5.91 Å². The molecule has 0 saturated heterocycles. The molecule has 3 heterocycles. The smallest absolute Gasteiger partial charge is 0.410 e. The first-order valence-electron chi connectivity index (χ1n) is 8.73. The van der Waals surface area contributed by atoms with Gasteiger partial charge in [-0.15, -0.1) is 0 Å². The van der Waals surface area contributed by atoms with Crippen molar-refractivity contribution in [3.8, 4) is 0 Å². The van der Waals surface area contributed by atoms with Crippen LogP contribution in [-0.2, 0) is 24.1 Å². The lowest BCUT2D eigenvalue weighted by Gasteiger charge is -2.28. The van der Waals surface area contributed by atoms with E-state index in [2.05, 4.69) is 15.3 Å². The van der Waals surface area contributed by atoms with Gasteiger partial charge in [0.05, 0.1) is 18.7 Å².